The number of hydrogen-bond acceptors (Lipinski definition) is 2. The van der Waals surface area contributed by atoms with Crippen molar-refractivity contribution in [2.45, 2.75) is 32.6 Å². The Hall–Kier alpha value is -1.51. The van der Waals surface area contributed by atoms with Gasteiger partial charge < -0.3 is 10.1 Å². The van der Waals surface area contributed by atoms with Crippen molar-refractivity contribution in [2.24, 2.45) is 0 Å². The summed E-state index contributed by atoms with van der Waals surface area (Å²) < 4.78 is 19.2. The van der Waals surface area contributed by atoms with Gasteiger partial charge in [0.2, 0.25) is 0 Å². The summed E-state index contributed by atoms with van der Waals surface area (Å²) >= 11 is 0. The summed E-state index contributed by atoms with van der Waals surface area (Å²) in [4.78, 5) is 0. The Morgan fingerprint density at radius 3 is 2.83 bits per heavy atom. The maximum atomic E-state index is 13.7. The first-order valence-electron chi connectivity index (χ1n) is 6.53. The van der Waals surface area contributed by atoms with Crippen molar-refractivity contribution in [3.63, 3.8) is 0 Å². The molecule has 1 aromatic rings. The highest BCUT2D eigenvalue weighted by molar-refractivity contribution is 5.49. The van der Waals surface area contributed by atoms with Crippen LogP contribution < -0.4 is 10.1 Å². The molecule has 0 fully saturated rings. The molecule has 0 heterocycles. The van der Waals surface area contributed by atoms with Gasteiger partial charge in [-0.2, -0.15) is 0 Å². The highest BCUT2D eigenvalue weighted by Crippen LogP contribution is 2.24. The SMILES string of the molecule is CCC=CCCCCOc1cccc(NC)c1F. The number of anilines is 1. The van der Waals surface area contributed by atoms with E-state index in [1.54, 1.807) is 25.2 Å². The molecule has 1 rings (SSSR count). The molecule has 3 heteroatoms. The van der Waals surface area contributed by atoms with Gasteiger partial charge in [-0.25, -0.2) is 4.39 Å². The maximum Gasteiger partial charge on any atom is 0.188 e. The van der Waals surface area contributed by atoms with Gasteiger partial charge in [-0.1, -0.05) is 25.1 Å². The van der Waals surface area contributed by atoms with E-state index in [9.17, 15) is 4.39 Å². The van der Waals surface area contributed by atoms with Crippen LogP contribution in [-0.4, -0.2) is 13.7 Å². The molecule has 0 saturated heterocycles. The lowest BCUT2D eigenvalue weighted by Crippen LogP contribution is -2.01. The van der Waals surface area contributed by atoms with Crippen LogP contribution in [0.5, 0.6) is 5.75 Å². The number of rotatable bonds is 8. The second-order valence-corrected chi connectivity index (χ2v) is 4.09. The van der Waals surface area contributed by atoms with Crippen LogP contribution in [0.15, 0.2) is 30.4 Å². The van der Waals surface area contributed by atoms with Crippen molar-refractivity contribution in [3.8, 4) is 5.75 Å². The van der Waals surface area contributed by atoms with E-state index in [1.165, 1.54) is 0 Å². The molecule has 0 atom stereocenters. The lowest BCUT2D eigenvalue weighted by Gasteiger charge is -2.09. The molecule has 0 aliphatic carbocycles. The third kappa shape index (κ3) is 4.78. The van der Waals surface area contributed by atoms with Gasteiger partial charge in [-0.15, -0.1) is 0 Å². The van der Waals surface area contributed by atoms with Crippen LogP contribution in [0.3, 0.4) is 0 Å². The van der Waals surface area contributed by atoms with Crippen LogP contribution in [0.4, 0.5) is 10.1 Å². The van der Waals surface area contributed by atoms with E-state index in [0.29, 0.717) is 18.0 Å². The molecule has 0 saturated carbocycles. The van der Waals surface area contributed by atoms with Crippen molar-refractivity contribution >= 4 is 5.69 Å². The van der Waals surface area contributed by atoms with Gasteiger partial charge in [-0.3, -0.25) is 0 Å². The molecule has 18 heavy (non-hydrogen) atoms. The molecule has 0 spiro atoms. The van der Waals surface area contributed by atoms with Crippen molar-refractivity contribution in [1.82, 2.24) is 0 Å². The number of nitrogens with one attached hydrogen (secondary N) is 1. The largest absolute Gasteiger partial charge is 0.490 e. The predicted molar refractivity (Wildman–Crippen MR) is 74.7 cm³/mol. The number of hydrogen-bond donors (Lipinski definition) is 1. The number of ether oxygens (including phenoxy) is 1. The van der Waals surface area contributed by atoms with Gasteiger partial charge in [0.15, 0.2) is 11.6 Å². The Bertz CT molecular complexity index is 377. The molecule has 1 aromatic carbocycles. The van der Waals surface area contributed by atoms with Gasteiger partial charge in [0.25, 0.3) is 0 Å². The van der Waals surface area contributed by atoms with Crippen molar-refractivity contribution in [3.05, 3.63) is 36.2 Å². The molecule has 0 radical (unpaired) electrons. The standard InChI is InChI=1S/C15H22FNO/c1-3-4-5-6-7-8-12-18-14-11-9-10-13(17-2)15(14)16/h4-5,9-11,17H,3,6-8,12H2,1-2H3. The van der Waals surface area contributed by atoms with E-state index in [-0.39, 0.29) is 5.82 Å². The molecule has 0 aliphatic heterocycles. The van der Waals surface area contributed by atoms with E-state index < -0.39 is 0 Å². The smallest absolute Gasteiger partial charge is 0.188 e. The first-order chi connectivity index (χ1) is 8.79. The molecule has 1 N–H and O–H groups in total. The minimum absolute atomic E-state index is 0.314. The van der Waals surface area contributed by atoms with Gasteiger partial charge in [-0.05, 0) is 37.8 Å². The second kappa shape index (κ2) is 8.56. The zero-order valence-electron chi connectivity index (χ0n) is 11.2. The van der Waals surface area contributed by atoms with E-state index in [4.69, 9.17) is 4.74 Å². The Morgan fingerprint density at radius 2 is 2.11 bits per heavy atom. The summed E-state index contributed by atoms with van der Waals surface area (Å²) in [5.74, 6) is 0.0110. The Balaban J connectivity index is 2.29. The van der Waals surface area contributed by atoms with Crippen LogP contribution in [0.2, 0.25) is 0 Å². The molecule has 0 aromatic heterocycles. The van der Waals surface area contributed by atoms with Crippen LogP contribution in [0.25, 0.3) is 0 Å². The van der Waals surface area contributed by atoms with Crippen LogP contribution in [-0.2, 0) is 0 Å². The van der Waals surface area contributed by atoms with E-state index in [0.717, 1.165) is 25.7 Å². The van der Waals surface area contributed by atoms with Crippen LogP contribution in [0.1, 0.15) is 32.6 Å². The van der Waals surface area contributed by atoms with Crippen molar-refractivity contribution in [2.75, 3.05) is 19.0 Å². The maximum absolute atomic E-state index is 13.7. The summed E-state index contributed by atoms with van der Waals surface area (Å²) in [6.45, 7) is 2.68. The molecular formula is C15H22FNO. The van der Waals surface area contributed by atoms with Gasteiger partial charge in [0.05, 0.1) is 12.3 Å². The molecule has 0 aliphatic rings. The third-order valence-corrected chi connectivity index (χ3v) is 2.66. The fourth-order valence-electron chi connectivity index (χ4n) is 1.65. The first-order valence-corrected chi connectivity index (χ1v) is 6.53. The predicted octanol–water partition coefficient (Wildman–Crippen LogP) is 4.38. The zero-order valence-corrected chi connectivity index (χ0v) is 11.2. The topological polar surface area (TPSA) is 21.3 Å². The van der Waals surface area contributed by atoms with Crippen molar-refractivity contribution in [1.29, 1.82) is 0 Å². The van der Waals surface area contributed by atoms with E-state index in [1.807, 2.05) is 0 Å². The zero-order chi connectivity index (χ0) is 13.2. The molecule has 0 amide bonds. The summed E-state index contributed by atoms with van der Waals surface area (Å²) in [6.07, 6.45) is 8.51. The van der Waals surface area contributed by atoms with Crippen LogP contribution in [0, 0.1) is 5.82 Å². The van der Waals surface area contributed by atoms with Gasteiger partial charge >= 0.3 is 0 Å². The second-order valence-electron chi connectivity index (χ2n) is 4.09. The summed E-state index contributed by atoms with van der Waals surface area (Å²) in [5, 5.41) is 2.80. The van der Waals surface area contributed by atoms with Crippen molar-refractivity contribution < 1.29 is 9.13 Å². The lowest BCUT2D eigenvalue weighted by atomic mass is 10.2. The number of halogens is 1. The summed E-state index contributed by atoms with van der Waals surface area (Å²) in [6, 6.07) is 5.14. The fourth-order valence-corrected chi connectivity index (χ4v) is 1.65. The highest BCUT2D eigenvalue weighted by atomic mass is 19.1. The van der Waals surface area contributed by atoms with E-state index in [2.05, 4.69) is 24.4 Å². The average Bonchev–Trinajstić information content (AvgIpc) is 2.39. The quantitative estimate of drug-likeness (QED) is 0.546. The molecule has 100 valence electrons. The van der Waals surface area contributed by atoms with Gasteiger partial charge in [0.1, 0.15) is 0 Å². The third-order valence-electron chi connectivity index (χ3n) is 2.66. The molecule has 0 bridgehead atoms. The minimum atomic E-state index is -0.314. The van der Waals surface area contributed by atoms with Crippen LogP contribution >= 0.6 is 0 Å². The first kappa shape index (κ1) is 14.6. The summed E-state index contributed by atoms with van der Waals surface area (Å²) in [5.41, 5.74) is 0.471. The number of allylic oxidation sites excluding steroid dienone is 2. The molecule has 2 nitrogen and oxygen atoms in total. The van der Waals surface area contributed by atoms with E-state index >= 15 is 0 Å². The number of benzene rings is 1. The minimum Gasteiger partial charge on any atom is -0.490 e. The lowest BCUT2D eigenvalue weighted by molar-refractivity contribution is 0.293. The fraction of sp³-hybridized carbons (Fsp3) is 0.467. The highest BCUT2D eigenvalue weighted by Gasteiger charge is 2.06. The average molecular weight is 251 g/mol. The monoisotopic (exact) mass is 251 g/mol. The molecule has 0 unspecified atom stereocenters. The Kier molecular flexibility index (Phi) is 6.92. The summed E-state index contributed by atoms with van der Waals surface area (Å²) in [7, 11) is 1.70. The Labute approximate surface area is 109 Å². The Morgan fingerprint density at radius 1 is 1.28 bits per heavy atom. The normalized spacial score (nSPS) is 10.8. The molecular weight excluding hydrogens is 229 g/mol. The van der Waals surface area contributed by atoms with Gasteiger partial charge in [0, 0.05) is 7.05 Å². The number of unbranched alkanes of at least 4 members (excludes halogenated alkanes) is 2.